The van der Waals surface area contributed by atoms with Gasteiger partial charge < -0.3 is 14.7 Å². The average Bonchev–Trinajstić information content (AvgIpc) is 3.07. The molecule has 1 fully saturated rings. The molecule has 0 bridgehead atoms. The van der Waals surface area contributed by atoms with Crippen LogP contribution in [-0.2, 0) is 11.3 Å². The van der Waals surface area contributed by atoms with Gasteiger partial charge in [-0.1, -0.05) is 30.3 Å². The molecule has 2 aromatic rings. The third kappa shape index (κ3) is 4.46. The number of carbonyl (C=O) groups is 1. The summed E-state index contributed by atoms with van der Waals surface area (Å²) in [6, 6.07) is 15.3. The summed E-state index contributed by atoms with van der Waals surface area (Å²) in [6.07, 6.45) is 2.09. The lowest BCUT2D eigenvalue weighted by Gasteiger charge is -2.28. The first-order valence-corrected chi connectivity index (χ1v) is 8.65. The third-order valence-corrected chi connectivity index (χ3v) is 4.55. The maximum Gasteiger partial charge on any atom is 0.267 e. The Labute approximate surface area is 158 Å². The number of methoxy groups -OCH3 is 1. The fourth-order valence-corrected chi connectivity index (χ4v) is 3.13. The summed E-state index contributed by atoms with van der Waals surface area (Å²) in [7, 11) is 1.63. The monoisotopic (exact) mass is 369 g/mol. The van der Waals surface area contributed by atoms with E-state index >= 15 is 0 Å². The fraction of sp³-hybridized carbons (Fsp3) is 0.250. The number of amides is 1. The molecule has 0 radical (unpaired) electrons. The molecular formula is C20H23N3O4. The standard InChI is InChI=1S/C20H23N3O4/c1-27-17-9-6-15(7-10-17)14-22-12-13-23(20(22)25)18-5-3-2-4-16(18)8-11-19(24)21-26/h2-11,20,25-26H,12-14H2,1H3,(H,21,24)/b11-8+. The average molecular weight is 369 g/mol. The van der Waals surface area contributed by atoms with E-state index < -0.39 is 12.3 Å². The van der Waals surface area contributed by atoms with Crippen LogP contribution in [0.5, 0.6) is 5.75 Å². The molecule has 142 valence electrons. The topological polar surface area (TPSA) is 85.3 Å². The van der Waals surface area contributed by atoms with Gasteiger partial charge in [-0.2, -0.15) is 0 Å². The van der Waals surface area contributed by atoms with Crippen molar-refractivity contribution in [2.75, 3.05) is 25.1 Å². The molecule has 0 aliphatic carbocycles. The first-order chi connectivity index (χ1) is 13.1. The molecule has 0 aromatic heterocycles. The van der Waals surface area contributed by atoms with Crippen molar-refractivity contribution in [3.05, 3.63) is 65.7 Å². The lowest BCUT2D eigenvalue weighted by Crippen LogP contribution is -2.38. The van der Waals surface area contributed by atoms with Gasteiger partial charge in [0, 0.05) is 31.4 Å². The highest BCUT2D eigenvalue weighted by Gasteiger charge is 2.31. The number of para-hydroxylation sites is 1. The summed E-state index contributed by atoms with van der Waals surface area (Å²) in [5, 5.41) is 19.4. The zero-order chi connectivity index (χ0) is 19.2. The Morgan fingerprint density at radius 1 is 1.22 bits per heavy atom. The van der Waals surface area contributed by atoms with E-state index in [0.717, 1.165) is 22.6 Å². The van der Waals surface area contributed by atoms with Crippen molar-refractivity contribution in [1.29, 1.82) is 0 Å². The summed E-state index contributed by atoms with van der Waals surface area (Å²) >= 11 is 0. The van der Waals surface area contributed by atoms with Crippen molar-refractivity contribution in [3.63, 3.8) is 0 Å². The van der Waals surface area contributed by atoms with Gasteiger partial charge in [-0.15, -0.1) is 0 Å². The minimum Gasteiger partial charge on any atom is -0.497 e. The van der Waals surface area contributed by atoms with E-state index in [1.165, 1.54) is 6.08 Å². The molecule has 0 spiro atoms. The maximum absolute atomic E-state index is 11.3. The first-order valence-electron chi connectivity index (χ1n) is 8.65. The Morgan fingerprint density at radius 2 is 1.96 bits per heavy atom. The summed E-state index contributed by atoms with van der Waals surface area (Å²) in [4.78, 5) is 15.1. The molecule has 1 aliphatic rings. The predicted octanol–water partition coefficient (Wildman–Crippen LogP) is 1.81. The third-order valence-electron chi connectivity index (χ3n) is 4.55. The lowest BCUT2D eigenvalue weighted by molar-refractivity contribution is -0.124. The lowest BCUT2D eigenvalue weighted by atomic mass is 10.1. The number of nitrogens with one attached hydrogen (secondary N) is 1. The number of ether oxygens (including phenoxy) is 1. The van der Waals surface area contributed by atoms with Crippen molar-refractivity contribution in [1.82, 2.24) is 10.4 Å². The fourth-order valence-electron chi connectivity index (χ4n) is 3.13. The number of anilines is 1. The number of aliphatic hydroxyl groups is 1. The second-order valence-corrected chi connectivity index (χ2v) is 6.23. The van der Waals surface area contributed by atoms with E-state index in [1.807, 2.05) is 58.3 Å². The van der Waals surface area contributed by atoms with Crippen molar-refractivity contribution in [2.45, 2.75) is 12.9 Å². The second kappa shape index (κ2) is 8.68. The minimum absolute atomic E-state index is 0.604. The van der Waals surface area contributed by atoms with Gasteiger partial charge in [-0.25, -0.2) is 5.48 Å². The van der Waals surface area contributed by atoms with Crippen LogP contribution in [0.1, 0.15) is 11.1 Å². The van der Waals surface area contributed by atoms with Crippen LogP contribution in [0.3, 0.4) is 0 Å². The van der Waals surface area contributed by atoms with Gasteiger partial charge >= 0.3 is 0 Å². The quantitative estimate of drug-likeness (QED) is 0.409. The highest BCUT2D eigenvalue weighted by Crippen LogP contribution is 2.28. The van der Waals surface area contributed by atoms with Crippen LogP contribution in [0.4, 0.5) is 5.69 Å². The van der Waals surface area contributed by atoms with Crippen LogP contribution in [0.25, 0.3) is 6.08 Å². The minimum atomic E-state index is -0.770. The zero-order valence-corrected chi connectivity index (χ0v) is 15.1. The molecule has 27 heavy (non-hydrogen) atoms. The van der Waals surface area contributed by atoms with Crippen LogP contribution in [0.2, 0.25) is 0 Å². The number of rotatable bonds is 6. The molecule has 1 atom stereocenters. The first kappa shape index (κ1) is 18.9. The largest absolute Gasteiger partial charge is 0.497 e. The number of aliphatic hydroxyl groups excluding tert-OH is 1. The van der Waals surface area contributed by atoms with E-state index in [2.05, 4.69) is 0 Å². The highest BCUT2D eigenvalue weighted by atomic mass is 16.5. The van der Waals surface area contributed by atoms with E-state index in [1.54, 1.807) is 18.7 Å². The normalized spacial score (nSPS) is 17.4. The van der Waals surface area contributed by atoms with Crippen LogP contribution < -0.4 is 15.1 Å². The number of nitrogens with zero attached hydrogens (tertiary/aromatic N) is 2. The molecular weight excluding hydrogens is 346 g/mol. The van der Waals surface area contributed by atoms with Gasteiger partial charge in [-0.05, 0) is 35.4 Å². The molecule has 3 rings (SSSR count). The van der Waals surface area contributed by atoms with Crippen molar-refractivity contribution in [3.8, 4) is 5.75 Å². The van der Waals surface area contributed by atoms with Crippen LogP contribution in [0.15, 0.2) is 54.6 Å². The zero-order valence-electron chi connectivity index (χ0n) is 15.1. The van der Waals surface area contributed by atoms with Crippen LogP contribution in [-0.4, -0.2) is 47.7 Å². The van der Waals surface area contributed by atoms with Gasteiger partial charge in [-0.3, -0.25) is 14.9 Å². The van der Waals surface area contributed by atoms with Gasteiger partial charge in [0.25, 0.3) is 5.91 Å². The Bertz CT molecular complexity index is 807. The predicted molar refractivity (Wildman–Crippen MR) is 102 cm³/mol. The smallest absolute Gasteiger partial charge is 0.267 e. The number of carbonyl (C=O) groups excluding carboxylic acids is 1. The molecule has 1 aliphatic heterocycles. The second-order valence-electron chi connectivity index (χ2n) is 6.23. The van der Waals surface area contributed by atoms with E-state index in [9.17, 15) is 9.90 Å². The van der Waals surface area contributed by atoms with Crippen LogP contribution in [0, 0.1) is 0 Å². The maximum atomic E-state index is 11.3. The molecule has 1 amide bonds. The molecule has 1 heterocycles. The number of hydroxylamine groups is 1. The molecule has 2 aromatic carbocycles. The van der Waals surface area contributed by atoms with Crippen LogP contribution >= 0.6 is 0 Å². The summed E-state index contributed by atoms with van der Waals surface area (Å²) in [6.45, 7) is 1.99. The molecule has 1 unspecified atom stereocenters. The Hall–Kier alpha value is -2.87. The van der Waals surface area contributed by atoms with Gasteiger partial charge in [0.1, 0.15) is 5.75 Å². The van der Waals surface area contributed by atoms with Gasteiger partial charge in [0.15, 0.2) is 6.35 Å². The van der Waals surface area contributed by atoms with Crippen molar-refractivity contribution >= 4 is 17.7 Å². The van der Waals surface area contributed by atoms with E-state index in [4.69, 9.17) is 9.94 Å². The van der Waals surface area contributed by atoms with E-state index in [0.29, 0.717) is 19.6 Å². The SMILES string of the molecule is COc1ccc(CN2CCN(c3ccccc3/C=C/C(=O)NO)C2O)cc1. The molecule has 1 saturated heterocycles. The summed E-state index contributed by atoms with van der Waals surface area (Å²) in [5.74, 6) is 0.197. The summed E-state index contributed by atoms with van der Waals surface area (Å²) < 4.78 is 5.17. The number of hydrogen-bond acceptors (Lipinski definition) is 6. The molecule has 7 nitrogen and oxygen atoms in total. The Kier molecular flexibility index (Phi) is 6.08. The number of benzene rings is 2. The number of hydrogen-bond donors (Lipinski definition) is 3. The molecule has 3 N–H and O–H groups in total. The Balaban J connectivity index is 1.73. The van der Waals surface area contributed by atoms with Gasteiger partial charge in [0.2, 0.25) is 0 Å². The Morgan fingerprint density at radius 3 is 2.67 bits per heavy atom. The molecule has 7 heteroatoms. The van der Waals surface area contributed by atoms with Crippen molar-refractivity contribution < 1.29 is 19.8 Å². The highest BCUT2D eigenvalue weighted by molar-refractivity contribution is 5.91. The summed E-state index contributed by atoms with van der Waals surface area (Å²) in [5.41, 5.74) is 4.26. The molecule has 0 saturated carbocycles. The van der Waals surface area contributed by atoms with Gasteiger partial charge in [0.05, 0.1) is 7.11 Å². The van der Waals surface area contributed by atoms with Crippen molar-refractivity contribution in [2.24, 2.45) is 0 Å². The van der Waals surface area contributed by atoms with E-state index in [-0.39, 0.29) is 0 Å².